The van der Waals surface area contributed by atoms with Gasteiger partial charge in [0.2, 0.25) is 20.0 Å². The summed E-state index contributed by atoms with van der Waals surface area (Å²) >= 11 is 0. The van der Waals surface area contributed by atoms with Gasteiger partial charge < -0.3 is 0 Å². The quantitative estimate of drug-likeness (QED) is 0.809. The number of hydrogen-bond donors (Lipinski definition) is 1. The summed E-state index contributed by atoms with van der Waals surface area (Å²) < 4.78 is 54.0. The molecule has 1 saturated heterocycles. The Balaban J connectivity index is 2.05. The Labute approximate surface area is 151 Å². The Morgan fingerprint density at radius 2 is 1.44 bits per heavy atom. The van der Waals surface area contributed by atoms with E-state index in [9.17, 15) is 16.8 Å². The summed E-state index contributed by atoms with van der Waals surface area (Å²) in [6.07, 6.45) is 3.83. The van der Waals surface area contributed by atoms with E-state index < -0.39 is 20.0 Å². The van der Waals surface area contributed by atoms with E-state index in [0.717, 1.165) is 31.2 Å². The van der Waals surface area contributed by atoms with Crippen molar-refractivity contribution in [3.63, 3.8) is 0 Å². The van der Waals surface area contributed by atoms with Gasteiger partial charge in [0, 0.05) is 19.6 Å². The van der Waals surface area contributed by atoms with Gasteiger partial charge in [-0.1, -0.05) is 30.5 Å². The molecule has 8 heteroatoms. The highest BCUT2D eigenvalue weighted by molar-refractivity contribution is 7.90. The molecule has 25 heavy (non-hydrogen) atoms. The van der Waals surface area contributed by atoms with Crippen LogP contribution in [0.2, 0.25) is 0 Å². The van der Waals surface area contributed by atoms with E-state index in [4.69, 9.17) is 0 Å². The third-order valence-electron chi connectivity index (χ3n) is 4.48. The van der Waals surface area contributed by atoms with E-state index in [1.165, 1.54) is 4.31 Å². The summed E-state index contributed by atoms with van der Waals surface area (Å²) in [6.45, 7) is 6.37. The third-order valence-corrected chi connectivity index (χ3v) is 8.12. The number of sulfonamides is 2. The van der Waals surface area contributed by atoms with E-state index in [1.807, 2.05) is 19.1 Å². The van der Waals surface area contributed by atoms with Gasteiger partial charge in [-0.2, -0.15) is 0 Å². The maximum Gasteiger partial charge on any atom is 0.241 e. The zero-order chi connectivity index (χ0) is 18.7. The second-order valence-corrected chi connectivity index (χ2v) is 10.5. The predicted octanol–water partition coefficient (Wildman–Crippen LogP) is 2.10. The Hall–Kier alpha value is -0.960. The van der Waals surface area contributed by atoms with Gasteiger partial charge in [-0.25, -0.2) is 25.9 Å². The van der Waals surface area contributed by atoms with Gasteiger partial charge in [0.25, 0.3) is 0 Å². The lowest BCUT2D eigenvalue weighted by Gasteiger charge is -2.20. The molecule has 1 aromatic rings. The fourth-order valence-corrected chi connectivity index (χ4v) is 6.46. The van der Waals surface area contributed by atoms with Crippen molar-refractivity contribution in [2.24, 2.45) is 0 Å². The molecule has 142 valence electrons. The van der Waals surface area contributed by atoms with E-state index in [2.05, 4.69) is 4.72 Å². The fourth-order valence-electron chi connectivity index (χ4n) is 3.42. The van der Waals surface area contributed by atoms with Crippen LogP contribution < -0.4 is 4.72 Å². The smallest absolute Gasteiger partial charge is 0.212 e. The Bertz CT molecular complexity index is 786. The van der Waals surface area contributed by atoms with E-state index in [-0.39, 0.29) is 17.2 Å². The van der Waals surface area contributed by atoms with Crippen LogP contribution in [-0.4, -0.2) is 46.5 Å². The fraction of sp³-hybridized carbons (Fsp3) is 0.647. The maximum atomic E-state index is 12.6. The zero-order valence-corrected chi connectivity index (χ0v) is 16.8. The van der Waals surface area contributed by atoms with Gasteiger partial charge in [0.05, 0.1) is 10.6 Å². The Kier molecular flexibility index (Phi) is 6.64. The van der Waals surface area contributed by atoms with Crippen LogP contribution in [0.5, 0.6) is 0 Å². The molecule has 0 spiro atoms. The number of rotatable bonds is 6. The van der Waals surface area contributed by atoms with Crippen LogP contribution in [0.1, 0.15) is 42.4 Å². The minimum Gasteiger partial charge on any atom is -0.212 e. The Morgan fingerprint density at radius 3 is 1.96 bits per heavy atom. The SMILES string of the molecule is Cc1cc(C)c(S(=O)(=O)NCCS(=O)(=O)N2CCCCCC2)c(C)c1. The summed E-state index contributed by atoms with van der Waals surface area (Å²) in [5, 5.41) is 0. The maximum absolute atomic E-state index is 12.6. The van der Waals surface area contributed by atoms with Crippen LogP contribution in [0, 0.1) is 20.8 Å². The number of aryl methyl sites for hydroxylation is 3. The van der Waals surface area contributed by atoms with Crippen LogP contribution in [0.4, 0.5) is 0 Å². The van der Waals surface area contributed by atoms with Crippen LogP contribution in [0.15, 0.2) is 17.0 Å². The molecule has 1 fully saturated rings. The molecule has 2 rings (SSSR count). The van der Waals surface area contributed by atoms with Gasteiger partial charge in [0.15, 0.2) is 0 Å². The molecule has 0 unspecified atom stereocenters. The van der Waals surface area contributed by atoms with Gasteiger partial charge >= 0.3 is 0 Å². The van der Waals surface area contributed by atoms with Crippen molar-refractivity contribution in [2.45, 2.75) is 51.3 Å². The van der Waals surface area contributed by atoms with Gasteiger partial charge in [-0.3, -0.25) is 0 Å². The van der Waals surface area contributed by atoms with E-state index >= 15 is 0 Å². The van der Waals surface area contributed by atoms with Crippen molar-refractivity contribution in [1.29, 1.82) is 0 Å². The molecule has 0 atom stereocenters. The van der Waals surface area contributed by atoms with Gasteiger partial charge in [0.1, 0.15) is 0 Å². The molecule has 1 aromatic carbocycles. The molecule has 1 aliphatic heterocycles. The molecule has 0 radical (unpaired) electrons. The summed E-state index contributed by atoms with van der Waals surface area (Å²) in [5.41, 5.74) is 2.33. The first kappa shape index (κ1) is 20.4. The lowest BCUT2D eigenvalue weighted by molar-refractivity contribution is 0.423. The molecule has 0 saturated carbocycles. The summed E-state index contributed by atoms with van der Waals surface area (Å²) in [4.78, 5) is 0.241. The first-order chi connectivity index (χ1) is 11.6. The van der Waals surface area contributed by atoms with Crippen molar-refractivity contribution in [3.05, 3.63) is 28.8 Å². The second kappa shape index (κ2) is 8.16. The zero-order valence-electron chi connectivity index (χ0n) is 15.2. The minimum absolute atomic E-state index is 0.117. The van der Waals surface area contributed by atoms with Gasteiger partial charge in [-0.05, 0) is 44.7 Å². The predicted molar refractivity (Wildman–Crippen MR) is 99.7 cm³/mol. The highest BCUT2D eigenvalue weighted by atomic mass is 32.2. The molecule has 6 nitrogen and oxygen atoms in total. The molecular formula is C17H28N2O4S2. The first-order valence-corrected chi connectivity index (χ1v) is 11.8. The topological polar surface area (TPSA) is 83.5 Å². The average Bonchev–Trinajstić information content (AvgIpc) is 2.74. The largest absolute Gasteiger partial charge is 0.241 e. The minimum atomic E-state index is -3.73. The molecular weight excluding hydrogens is 360 g/mol. The molecule has 0 amide bonds. The molecule has 1 aliphatic rings. The number of benzene rings is 1. The van der Waals surface area contributed by atoms with Crippen molar-refractivity contribution >= 4 is 20.0 Å². The number of hydrogen-bond acceptors (Lipinski definition) is 4. The number of nitrogens with one attached hydrogen (secondary N) is 1. The monoisotopic (exact) mass is 388 g/mol. The average molecular weight is 389 g/mol. The molecule has 0 aliphatic carbocycles. The second-order valence-electron chi connectivity index (χ2n) is 6.75. The van der Waals surface area contributed by atoms with E-state index in [0.29, 0.717) is 24.2 Å². The van der Waals surface area contributed by atoms with Crippen LogP contribution in [-0.2, 0) is 20.0 Å². The third kappa shape index (κ3) is 5.26. The normalized spacial score (nSPS) is 17.4. The summed E-state index contributed by atoms with van der Waals surface area (Å²) in [6, 6.07) is 3.63. The molecule has 1 N–H and O–H groups in total. The standard InChI is InChI=1S/C17H28N2O4S2/c1-14-12-15(2)17(16(3)13-14)25(22,23)18-8-11-24(20,21)19-9-6-4-5-7-10-19/h12-13,18H,4-11H2,1-3H3. The van der Waals surface area contributed by atoms with Crippen molar-refractivity contribution in [2.75, 3.05) is 25.4 Å². The highest BCUT2D eigenvalue weighted by Crippen LogP contribution is 2.21. The Morgan fingerprint density at radius 1 is 0.920 bits per heavy atom. The van der Waals surface area contributed by atoms with Crippen molar-refractivity contribution < 1.29 is 16.8 Å². The van der Waals surface area contributed by atoms with Gasteiger partial charge in [-0.15, -0.1) is 0 Å². The van der Waals surface area contributed by atoms with E-state index in [1.54, 1.807) is 13.8 Å². The van der Waals surface area contributed by atoms with Crippen LogP contribution in [0.3, 0.4) is 0 Å². The highest BCUT2D eigenvalue weighted by Gasteiger charge is 2.25. The number of nitrogens with zero attached hydrogens (tertiary/aromatic N) is 1. The molecule has 0 bridgehead atoms. The van der Waals surface area contributed by atoms with Crippen LogP contribution in [0.25, 0.3) is 0 Å². The summed E-state index contributed by atoms with van der Waals surface area (Å²) in [5.74, 6) is -0.212. The first-order valence-electron chi connectivity index (χ1n) is 8.69. The summed E-state index contributed by atoms with van der Waals surface area (Å²) in [7, 11) is -7.16. The molecule has 0 aromatic heterocycles. The van der Waals surface area contributed by atoms with Crippen molar-refractivity contribution in [1.82, 2.24) is 9.03 Å². The lowest BCUT2D eigenvalue weighted by atomic mass is 10.1. The molecule has 1 heterocycles. The lowest BCUT2D eigenvalue weighted by Crippen LogP contribution is -2.38. The van der Waals surface area contributed by atoms with Crippen LogP contribution >= 0.6 is 0 Å². The van der Waals surface area contributed by atoms with Crippen molar-refractivity contribution in [3.8, 4) is 0 Å².